The highest BCUT2D eigenvalue weighted by Crippen LogP contribution is 2.49. The van der Waals surface area contributed by atoms with Crippen molar-refractivity contribution in [1.29, 1.82) is 5.26 Å². The van der Waals surface area contributed by atoms with Gasteiger partial charge in [0.1, 0.15) is 0 Å². The van der Waals surface area contributed by atoms with Gasteiger partial charge in [0.25, 0.3) is 0 Å². The van der Waals surface area contributed by atoms with Crippen molar-refractivity contribution in [2.24, 2.45) is 20.5 Å². The molecule has 61 heavy (non-hydrogen) atoms. The Morgan fingerprint density at radius 1 is 0.689 bits per heavy atom. The van der Waals surface area contributed by atoms with Gasteiger partial charge in [-0.25, -0.2) is 9.69 Å². The molecule has 0 bridgehead atoms. The van der Waals surface area contributed by atoms with Gasteiger partial charge in [-0.1, -0.05) is 60.7 Å². The maximum absolute atomic E-state index is 13.4. The molecule has 4 aliphatic carbocycles. The second-order valence-corrected chi connectivity index (χ2v) is 22.4. The summed E-state index contributed by atoms with van der Waals surface area (Å²) >= 11 is 0. The van der Waals surface area contributed by atoms with Crippen molar-refractivity contribution in [3.63, 3.8) is 0 Å². The van der Waals surface area contributed by atoms with E-state index in [1.165, 1.54) is 11.1 Å². The first-order valence-electron chi connectivity index (χ1n) is 21.4. The number of aliphatic imine (C=N–C) groups is 1. The number of hydrogen-bond acceptors (Lipinski definition) is 6. The molecule has 0 radical (unpaired) electrons. The summed E-state index contributed by atoms with van der Waals surface area (Å²) in [4.78, 5) is 24.8. The summed E-state index contributed by atoms with van der Waals surface area (Å²) in [6, 6.07) is 27.9. The normalized spacial score (nSPS) is 23.3. The number of fused-ring (bicyclic) bond motifs is 2. The monoisotopic (exact) mass is 827 g/mol. The van der Waals surface area contributed by atoms with E-state index in [9.17, 15) is 10.1 Å². The van der Waals surface area contributed by atoms with E-state index in [1.807, 2.05) is 54.6 Å². The fourth-order valence-corrected chi connectivity index (χ4v) is 10.1. The fourth-order valence-electron chi connectivity index (χ4n) is 9.63. The van der Waals surface area contributed by atoms with Crippen molar-refractivity contribution in [2.75, 3.05) is 14.2 Å². The molecule has 8 rings (SSSR count). The van der Waals surface area contributed by atoms with Crippen LogP contribution in [0.5, 0.6) is 0 Å². The highest BCUT2D eigenvalue weighted by atomic mass is 28.3. The molecule has 0 heterocycles. The zero-order valence-corrected chi connectivity index (χ0v) is 37.4. The molecule has 0 unspecified atom stereocenters. The molecule has 0 atom stereocenters. The first-order valence-corrected chi connectivity index (χ1v) is 24.9. The van der Waals surface area contributed by atoms with Gasteiger partial charge in [0.05, 0.1) is 31.1 Å². The Morgan fingerprint density at radius 2 is 1.15 bits per heavy atom. The molecule has 2 spiro atoms. The molecule has 8 nitrogen and oxygen atoms in total. The van der Waals surface area contributed by atoms with Crippen LogP contribution in [0.4, 0.5) is 11.4 Å². The molecule has 0 aromatic heterocycles. The van der Waals surface area contributed by atoms with Gasteiger partial charge >= 0.3 is 0 Å². The summed E-state index contributed by atoms with van der Waals surface area (Å²) in [7, 11) is 2.35. The van der Waals surface area contributed by atoms with E-state index in [4.69, 9.17) is 22.6 Å². The SMILES string of the molecule is C=C=N[Si](C)(C)C.[C-]#[N+]c1cccc(-c2ccc3c(c2)C(=NC#N)C2(CC3)CCC(OC)CC2)c1.[C-]#[N+]c1cccc(-c2ccc3c(c2)C(=O)C2(CC3)CCC(OC)CC2)c1. The van der Waals surface area contributed by atoms with Gasteiger partial charge < -0.3 is 9.47 Å². The summed E-state index contributed by atoms with van der Waals surface area (Å²) in [6.07, 6.45) is 14.6. The molecule has 0 aliphatic heterocycles. The van der Waals surface area contributed by atoms with Gasteiger partial charge in [-0.3, -0.25) is 9.45 Å². The van der Waals surface area contributed by atoms with Crippen molar-refractivity contribution < 1.29 is 14.3 Å². The average Bonchev–Trinajstić information content (AvgIpc) is 3.29. The zero-order chi connectivity index (χ0) is 43.6. The molecule has 2 saturated carbocycles. The summed E-state index contributed by atoms with van der Waals surface area (Å²) in [5.74, 6) is 2.86. The molecular weight excluding hydrogens is 771 g/mol. The van der Waals surface area contributed by atoms with Crippen molar-refractivity contribution >= 4 is 37.0 Å². The quantitative estimate of drug-likeness (QED) is 0.0867. The second kappa shape index (κ2) is 19.8. The maximum Gasteiger partial charge on any atom is 0.205 e. The number of aryl methyl sites for hydroxylation is 2. The predicted molar refractivity (Wildman–Crippen MR) is 249 cm³/mol. The van der Waals surface area contributed by atoms with Crippen LogP contribution in [0.15, 0.2) is 101 Å². The van der Waals surface area contributed by atoms with E-state index in [0.29, 0.717) is 29.4 Å². The fraction of sp³-hybridized carbons (Fsp3) is 0.404. The van der Waals surface area contributed by atoms with E-state index < -0.39 is 8.24 Å². The van der Waals surface area contributed by atoms with Gasteiger partial charge in [-0.2, -0.15) is 10.3 Å². The minimum atomic E-state index is -1.21. The summed E-state index contributed by atoms with van der Waals surface area (Å²) in [5, 5.41) is 9.42. The molecule has 0 saturated heterocycles. The lowest BCUT2D eigenvalue weighted by atomic mass is 9.62. The van der Waals surface area contributed by atoms with Gasteiger partial charge in [0.15, 0.2) is 25.4 Å². The lowest BCUT2D eigenvalue weighted by molar-refractivity contribution is 0.0218. The van der Waals surface area contributed by atoms with Crippen LogP contribution in [0.2, 0.25) is 19.6 Å². The molecule has 2 fully saturated rings. The van der Waals surface area contributed by atoms with Crippen LogP contribution in [0.25, 0.3) is 31.9 Å². The Bertz CT molecular complexity index is 2440. The highest BCUT2D eigenvalue weighted by molar-refractivity contribution is 6.75. The third-order valence-corrected chi connectivity index (χ3v) is 13.9. The van der Waals surface area contributed by atoms with Crippen LogP contribution >= 0.6 is 0 Å². The topological polar surface area (TPSA) is 92.8 Å². The number of carbonyl (C=O) groups excluding carboxylic acids is 1. The molecule has 4 aromatic carbocycles. The second-order valence-electron chi connectivity index (χ2n) is 17.8. The van der Waals surface area contributed by atoms with E-state index in [1.54, 1.807) is 14.2 Å². The molecule has 4 aliphatic rings. The number of ether oxygens (including phenoxy) is 2. The molecule has 0 N–H and O–H groups in total. The number of hydrogen-bond donors (Lipinski definition) is 0. The first kappa shape index (κ1) is 44.8. The third kappa shape index (κ3) is 10.4. The molecule has 9 heteroatoms. The highest BCUT2D eigenvalue weighted by Gasteiger charge is 2.45. The number of nitriles is 1. The summed E-state index contributed by atoms with van der Waals surface area (Å²) < 4.78 is 15.1. The van der Waals surface area contributed by atoms with Crippen LogP contribution in [-0.4, -0.2) is 52.0 Å². The van der Waals surface area contributed by atoms with Crippen molar-refractivity contribution in [1.82, 2.24) is 0 Å². The number of Topliss-reactive ketones (excluding diaryl/α,β-unsaturated/α-hetero) is 1. The predicted octanol–water partition coefficient (Wildman–Crippen LogP) is 13.0. The smallest absolute Gasteiger partial charge is 0.205 e. The molecular formula is C52H57N5O3Si. The Hall–Kier alpha value is -5.72. The van der Waals surface area contributed by atoms with E-state index in [2.05, 4.69) is 88.0 Å². The Labute approximate surface area is 363 Å². The number of ketones is 1. The van der Waals surface area contributed by atoms with Crippen molar-refractivity contribution in [3.8, 4) is 28.4 Å². The minimum absolute atomic E-state index is 0.0191. The van der Waals surface area contributed by atoms with Crippen molar-refractivity contribution in [2.45, 2.75) is 109 Å². The lowest BCUT2D eigenvalue weighted by Crippen LogP contribution is -2.41. The van der Waals surface area contributed by atoms with Crippen LogP contribution < -0.4 is 0 Å². The number of methoxy groups -OCH3 is 2. The van der Waals surface area contributed by atoms with Crippen molar-refractivity contribution in [3.05, 3.63) is 137 Å². The Morgan fingerprint density at radius 3 is 1.59 bits per heavy atom. The minimum Gasteiger partial charge on any atom is -0.381 e. The van der Waals surface area contributed by atoms with E-state index in [0.717, 1.165) is 116 Å². The molecule has 4 aromatic rings. The van der Waals surface area contributed by atoms with Gasteiger partial charge in [-0.15, -0.1) is 0 Å². The Balaban J connectivity index is 0.000000177. The van der Waals surface area contributed by atoms with Gasteiger partial charge in [0.2, 0.25) is 6.19 Å². The number of rotatable bonds is 5. The third-order valence-electron chi connectivity index (χ3n) is 13.1. The Kier molecular flexibility index (Phi) is 14.5. The van der Waals surface area contributed by atoms with E-state index in [-0.39, 0.29) is 10.8 Å². The standard InChI is InChI=1S/C24H23N3O.C23H23NO2.C5H11NSi/c1-26-20-5-3-4-18(14-20)19-7-6-17-8-11-24(12-9-21(28-2)10-13-24)23(27-16-25)22(17)15-19;1-24-19-5-3-4-17(14-19)18-7-6-16-8-11-23(22(25)21(16)15-18)12-9-20(26-2)10-13-23;1-5-6-7(2,3)4/h3-7,14-15,21H,8-13H2,2H3;3-7,14-15,20H,8-13H2,2H3;1H2,2-4H3. The summed E-state index contributed by atoms with van der Waals surface area (Å²) in [6.45, 7) is 24.3. The van der Waals surface area contributed by atoms with Crippen LogP contribution in [0, 0.1) is 35.4 Å². The largest absolute Gasteiger partial charge is 0.381 e. The van der Waals surface area contributed by atoms with Crippen LogP contribution in [0.1, 0.15) is 91.3 Å². The first-order chi connectivity index (χ1) is 29.4. The average molecular weight is 828 g/mol. The van der Waals surface area contributed by atoms with Gasteiger partial charge in [-0.05, 0) is 167 Å². The lowest BCUT2D eigenvalue weighted by Gasteiger charge is -2.43. The maximum atomic E-state index is 13.4. The number of nitrogens with zero attached hydrogens (tertiary/aromatic N) is 5. The van der Waals surface area contributed by atoms with Crippen LogP contribution in [-0.2, 0) is 22.3 Å². The van der Waals surface area contributed by atoms with Crippen LogP contribution in [0.3, 0.4) is 0 Å². The molecule has 0 amide bonds. The zero-order valence-electron chi connectivity index (χ0n) is 36.4. The summed E-state index contributed by atoms with van der Waals surface area (Å²) in [5.41, 5.74) is 10.5. The van der Waals surface area contributed by atoms with Gasteiger partial charge in [0, 0.05) is 36.2 Å². The van der Waals surface area contributed by atoms with E-state index >= 15 is 0 Å². The number of carbonyl (C=O) groups is 1. The number of benzene rings is 4. The molecule has 312 valence electrons.